The molecular weight excluding hydrogens is 292 g/mol. The minimum absolute atomic E-state index is 0.294. The molecule has 0 unspecified atom stereocenters. The monoisotopic (exact) mass is 318 g/mol. The number of piperidine rings is 1. The number of nitrogens with one attached hydrogen (secondary N) is 2. The van der Waals surface area contributed by atoms with Crippen LogP contribution in [0.1, 0.15) is 39.2 Å². The van der Waals surface area contributed by atoms with Gasteiger partial charge in [0, 0.05) is 36.8 Å². The van der Waals surface area contributed by atoms with E-state index in [1.807, 2.05) is 6.20 Å². The average molecular weight is 318 g/mol. The van der Waals surface area contributed by atoms with E-state index in [0.29, 0.717) is 11.6 Å². The van der Waals surface area contributed by atoms with Crippen molar-refractivity contribution >= 4 is 11.3 Å². The molecule has 1 aliphatic rings. The predicted octanol–water partition coefficient (Wildman–Crippen LogP) is 3.49. The molecule has 0 spiro atoms. The molecule has 5 heteroatoms. The number of likely N-dealkylation sites (tertiary alicyclic amines) is 1. The van der Waals surface area contributed by atoms with Gasteiger partial charge in [0.15, 0.2) is 0 Å². The van der Waals surface area contributed by atoms with Gasteiger partial charge < -0.3 is 5.32 Å². The lowest BCUT2D eigenvalue weighted by Gasteiger charge is -2.41. The molecule has 0 aliphatic carbocycles. The van der Waals surface area contributed by atoms with Gasteiger partial charge in [0.25, 0.3) is 0 Å². The van der Waals surface area contributed by atoms with Gasteiger partial charge in [-0.25, -0.2) is 0 Å². The number of hydrogen-bond donors (Lipinski definition) is 2. The predicted molar refractivity (Wildman–Crippen MR) is 93.1 cm³/mol. The summed E-state index contributed by atoms with van der Waals surface area (Å²) in [5.41, 5.74) is 2.72. The van der Waals surface area contributed by atoms with Crippen molar-refractivity contribution in [1.29, 1.82) is 0 Å². The van der Waals surface area contributed by atoms with Gasteiger partial charge in [-0.15, -0.1) is 11.3 Å². The second-order valence-electron chi connectivity index (χ2n) is 7.06. The van der Waals surface area contributed by atoms with Gasteiger partial charge in [-0.2, -0.15) is 5.10 Å². The number of hydrogen-bond acceptors (Lipinski definition) is 4. The molecule has 120 valence electrons. The number of aromatic nitrogens is 2. The van der Waals surface area contributed by atoms with E-state index >= 15 is 0 Å². The van der Waals surface area contributed by atoms with Gasteiger partial charge in [0.2, 0.25) is 0 Å². The molecule has 0 radical (unpaired) electrons. The Hall–Kier alpha value is -1.17. The molecule has 0 bridgehead atoms. The van der Waals surface area contributed by atoms with Crippen LogP contribution < -0.4 is 5.32 Å². The fourth-order valence-corrected chi connectivity index (χ4v) is 3.84. The second kappa shape index (κ2) is 6.52. The smallest absolute Gasteiger partial charge is 0.0794 e. The molecule has 0 saturated carbocycles. The van der Waals surface area contributed by atoms with Crippen LogP contribution in [0.25, 0.3) is 10.6 Å². The summed E-state index contributed by atoms with van der Waals surface area (Å²) in [6.45, 7) is 10.2. The molecule has 2 N–H and O–H groups in total. The van der Waals surface area contributed by atoms with Gasteiger partial charge in [0.1, 0.15) is 0 Å². The molecule has 0 amide bonds. The summed E-state index contributed by atoms with van der Waals surface area (Å²) >= 11 is 1.75. The van der Waals surface area contributed by atoms with Gasteiger partial charge in [0.05, 0.1) is 16.8 Å². The summed E-state index contributed by atoms with van der Waals surface area (Å²) < 4.78 is 0. The van der Waals surface area contributed by atoms with Crippen LogP contribution in [0.2, 0.25) is 0 Å². The number of aromatic amines is 1. The van der Waals surface area contributed by atoms with Crippen LogP contribution in [0.4, 0.5) is 0 Å². The summed E-state index contributed by atoms with van der Waals surface area (Å²) in [5.74, 6) is 0. The van der Waals surface area contributed by atoms with Gasteiger partial charge in [-0.1, -0.05) is 6.07 Å². The Kier molecular flexibility index (Phi) is 4.66. The maximum Gasteiger partial charge on any atom is 0.0794 e. The Morgan fingerprint density at radius 2 is 2.14 bits per heavy atom. The SMILES string of the molecule is CC(C)(C)N1CCC(NCc2cn[nH]c2-c2cccs2)CC1. The zero-order chi connectivity index (χ0) is 15.6. The van der Waals surface area contributed by atoms with E-state index in [-0.39, 0.29) is 0 Å². The maximum atomic E-state index is 4.22. The molecular formula is C17H26N4S. The molecule has 0 atom stereocenters. The van der Waals surface area contributed by atoms with Crippen molar-refractivity contribution in [3.8, 4) is 10.6 Å². The third-order valence-corrected chi connectivity index (χ3v) is 5.40. The molecule has 4 nitrogen and oxygen atoms in total. The van der Waals surface area contributed by atoms with Gasteiger partial charge in [-0.3, -0.25) is 10.00 Å². The average Bonchev–Trinajstić information content (AvgIpc) is 3.15. The first-order valence-corrected chi connectivity index (χ1v) is 8.96. The van der Waals surface area contributed by atoms with Crippen LogP contribution in [-0.4, -0.2) is 39.8 Å². The van der Waals surface area contributed by atoms with Crippen molar-refractivity contribution in [2.45, 2.75) is 51.7 Å². The first-order chi connectivity index (χ1) is 10.5. The highest BCUT2D eigenvalue weighted by molar-refractivity contribution is 7.13. The van der Waals surface area contributed by atoms with Crippen molar-refractivity contribution in [1.82, 2.24) is 20.4 Å². The van der Waals surface area contributed by atoms with Crippen LogP contribution in [0.3, 0.4) is 0 Å². The summed E-state index contributed by atoms with van der Waals surface area (Å²) in [4.78, 5) is 3.84. The van der Waals surface area contributed by atoms with Gasteiger partial charge >= 0.3 is 0 Å². The maximum absolute atomic E-state index is 4.22. The van der Waals surface area contributed by atoms with Crippen LogP contribution in [0.15, 0.2) is 23.7 Å². The number of H-pyrrole nitrogens is 1. The first-order valence-electron chi connectivity index (χ1n) is 8.08. The summed E-state index contributed by atoms with van der Waals surface area (Å²) in [6, 6.07) is 4.84. The normalized spacial score (nSPS) is 18.0. The largest absolute Gasteiger partial charge is 0.310 e. The minimum atomic E-state index is 0.294. The lowest BCUT2D eigenvalue weighted by molar-refractivity contribution is 0.0960. The quantitative estimate of drug-likeness (QED) is 0.907. The van der Waals surface area contributed by atoms with Crippen molar-refractivity contribution in [3.05, 3.63) is 29.3 Å². The standard InChI is InChI=1S/C17H26N4S/c1-17(2,3)21-8-6-14(7-9-21)18-11-13-12-19-20-16(13)15-5-4-10-22-15/h4-5,10,12,14,18H,6-9,11H2,1-3H3,(H,19,20). The highest BCUT2D eigenvalue weighted by Gasteiger charge is 2.26. The lowest BCUT2D eigenvalue weighted by Crippen LogP contribution is -2.49. The van der Waals surface area contributed by atoms with Crippen molar-refractivity contribution < 1.29 is 0 Å². The Morgan fingerprint density at radius 3 is 2.77 bits per heavy atom. The van der Waals surface area contributed by atoms with Crippen LogP contribution >= 0.6 is 11.3 Å². The fraction of sp³-hybridized carbons (Fsp3) is 0.588. The second-order valence-corrected chi connectivity index (χ2v) is 8.01. The molecule has 1 saturated heterocycles. The lowest BCUT2D eigenvalue weighted by atomic mass is 9.98. The molecule has 2 aromatic heterocycles. The number of nitrogens with zero attached hydrogens (tertiary/aromatic N) is 2. The van der Waals surface area contributed by atoms with Crippen LogP contribution in [0, 0.1) is 0 Å². The topological polar surface area (TPSA) is 44.0 Å². The zero-order valence-electron chi connectivity index (χ0n) is 13.7. The van der Waals surface area contributed by atoms with Crippen molar-refractivity contribution in [2.24, 2.45) is 0 Å². The van der Waals surface area contributed by atoms with E-state index in [9.17, 15) is 0 Å². The Morgan fingerprint density at radius 1 is 1.36 bits per heavy atom. The fourth-order valence-electron chi connectivity index (χ4n) is 3.09. The van der Waals surface area contributed by atoms with E-state index in [2.05, 4.69) is 58.7 Å². The van der Waals surface area contributed by atoms with E-state index in [1.165, 1.54) is 36.4 Å². The van der Waals surface area contributed by atoms with Crippen molar-refractivity contribution in [2.75, 3.05) is 13.1 Å². The molecule has 1 fully saturated rings. The molecule has 0 aromatic carbocycles. The molecule has 22 heavy (non-hydrogen) atoms. The highest BCUT2D eigenvalue weighted by atomic mass is 32.1. The molecule has 3 heterocycles. The summed E-state index contributed by atoms with van der Waals surface area (Å²) in [6.07, 6.45) is 4.40. The zero-order valence-corrected chi connectivity index (χ0v) is 14.5. The summed E-state index contributed by atoms with van der Waals surface area (Å²) in [7, 11) is 0. The van der Waals surface area contributed by atoms with Gasteiger partial charge in [-0.05, 0) is 45.1 Å². The van der Waals surface area contributed by atoms with Crippen LogP contribution in [0.5, 0.6) is 0 Å². The highest BCUT2D eigenvalue weighted by Crippen LogP contribution is 2.26. The van der Waals surface area contributed by atoms with E-state index < -0.39 is 0 Å². The Labute approximate surface area is 136 Å². The minimum Gasteiger partial charge on any atom is -0.310 e. The third-order valence-electron chi connectivity index (χ3n) is 4.51. The Balaban J connectivity index is 1.53. The Bertz CT molecular complexity index is 574. The van der Waals surface area contributed by atoms with Crippen molar-refractivity contribution in [3.63, 3.8) is 0 Å². The van der Waals surface area contributed by atoms with Crippen LogP contribution in [-0.2, 0) is 6.54 Å². The number of thiophene rings is 1. The van der Waals surface area contributed by atoms with E-state index in [1.54, 1.807) is 11.3 Å². The van der Waals surface area contributed by atoms with E-state index in [4.69, 9.17) is 0 Å². The first kappa shape index (κ1) is 15.7. The third kappa shape index (κ3) is 3.59. The summed E-state index contributed by atoms with van der Waals surface area (Å²) in [5, 5.41) is 13.2. The molecule has 2 aromatic rings. The number of rotatable bonds is 4. The molecule has 3 rings (SSSR count). The van der Waals surface area contributed by atoms with E-state index in [0.717, 1.165) is 12.2 Å². The molecule has 1 aliphatic heterocycles.